The summed E-state index contributed by atoms with van der Waals surface area (Å²) in [5.41, 5.74) is 0. The zero-order chi connectivity index (χ0) is 14.7. The van der Waals surface area contributed by atoms with Crippen molar-refractivity contribution in [2.24, 2.45) is 11.8 Å². The summed E-state index contributed by atoms with van der Waals surface area (Å²) in [7, 11) is 1.65. The number of nitrogens with zero attached hydrogens (tertiary/aromatic N) is 2. The fourth-order valence-electron chi connectivity index (χ4n) is 2.62. The maximum absolute atomic E-state index is 12.2. The molecule has 20 heavy (non-hydrogen) atoms. The van der Waals surface area contributed by atoms with E-state index < -0.39 is 5.97 Å². The van der Waals surface area contributed by atoms with Gasteiger partial charge in [-0.05, 0) is 25.7 Å². The second-order valence-corrected chi connectivity index (χ2v) is 5.78. The van der Waals surface area contributed by atoms with Crippen LogP contribution in [-0.2, 0) is 14.4 Å². The third-order valence-electron chi connectivity index (χ3n) is 4.12. The number of carbonyl (C=O) groups excluding carboxylic acids is 2. The van der Waals surface area contributed by atoms with Crippen LogP contribution in [0.15, 0.2) is 0 Å². The van der Waals surface area contributed by atoms with Gasteiger partial charge in [-0.15, -0.1) is 0 Å². The molecule has 0 radical (unpaired) electrons. The number of rotatable bonds is 5. The molecule has 1 aliphatic carbocycles. The Kier molecular flexibility index (Phi) is 4.62. The van der Waals surface area contributed by atoms with E-state index in [2.05, 4.69) is 0 Å². The Balaban J connectivity index is 1.76. The number of likely N-dealkylation sites (tertiary alicyclic amines) is 1. The summed E-state index contributed by atoms with van der Waals surface area (Å²) in [5.74, 6) is -0.480. The minimum Gasteiger partial charge on any atom is -0.481 e. The lowest BCUT2D eigenvalue weighted by Gasteiger charge is -2.33. The van der Waals surface area contributed by atoms with E-state index in [0.29, 0.717) is 25.9 Å². The smallest absolute Gasteiger partial charge is 0.305 e. The molecule has 6 nitrogen and oxygen atoms in total. The minimum atomic E-state index is -0.894. The molecule has 1 N–H and O–H groups in total. The molecule has 112 valence electrons. The average Bonchev–Trinajstić information content (AvgIpc) is 3.28. The molecule has 0 bridgehead atoms. The lowest BCUT2D eigenvalue weighted by molar-refractivity contribution is -0.142. The second-order valence-electron chi connectivity index (χ2n) is 5.78. The van der Waals surface area contributed by atoms with Crippen molar-refractivity contribution in [3.8, 4) is 0 Å². The van der Waals surface area contributed by atoms with Gasteiger partial charge in [-0.25, -0.2) is 0 Å². The van der Waals surface area contributed by atoms with Crippen molar-refractivity contribution in [2.45, 2.75) is 32.1 Å². The summed E-state index contributed by atoms with van der Waals surface area (Å²) in [6.45, 7) is 1.55. The van der Waals surface area contributed by atoms with Crippen molar-refractivity contribution in [3.63, 3.8) is 0 Å². The van der Waals surface area contributed by atoms with E-state index in [1.807, 2.05) is 4.90 Å². The molecule has 1 saturated carbocycles. The molecule has 2 aliphatic rings. The number of carboxylic acid groups (broad SMARTS) is 1. The summed E-state index contributed by atoms with van der Waals surface area (Å²) in [5, 5.41) is 8.63. The molecule has 0 unspecified atom stereocenters. The molecule has 2 fully saturated rings. The average molecular weight is 282 g/mol. The van der Waals surface area contributed by atoms with E-state index in [4.69, 9.17) is 5.11 Å². The van der Waals surface area contributed by atoms with Crippen LogP contribution in [0.4, 0.5) is 0 Å². The van der Waals surface area contributed by atoms with Crippen LogP contribution >= 0.6 is 0 Å². The van der Waals surface area contributed by atoms with Gasteiger partial charge in [0.2, 0.25) is 11.8 Å². The standard InChI is InChI=1S/C14H22N2O4/c1-15(7-6-12(17)18)13(19)11-4-8-16(9-5-11)14(20)10-2-3-10/h10-11H,2-9H2,1H3,(H,17,18). The molecule has 1 heterocycles. The highest BCUT2D eigenvalue weighted by atomic mass is 16.4. The van der Waals surface area contributed by atoms with Gasteiger partial charge >= 0.3 is 5.97 Å². The van der Waals surface area contributed by atoms with Crippen molar-refractivity contribution in [2.75, 3.05) is 26.7 Å². The Morgan fingerprint density at radius 2 is 1.70 bits per heavy atom. The van der Waals surface area contributed by atoms with E-state index in [1.165, 1.54) is 4.90 Å². The van der Waals surface area contributed by atoms with Crippen LogP contribution in [-0.4, -0.2) is 59.4 Å². The molecule has 1 aliphatic heterocycles. The molecule has 2 amide bonds. The SMILES string of the molecule is CN(CCC(=O)O)C(=O)C1CCN(C(=O)C2CC2)CC1. The molecule has 0 aromatic carbocycles. The quantitative estimate of drug-likeness (QED) is 0.799. The Bertz CT molecular complexity index is 398. The number of amides is 2. The second kappa shape index (κ2) is 6.24. The first-order valence-corrected chi connectivity index (χ1v) is 7.24. The van der Waals surface area contributed by atoms with Crippen LogP contribution in [0.2, 0.25) is 0 Å². The van der Waals surface area contributed by atoms with Gasteiger partial charge in [0.05, 0.1) is 6.42 Å². The van der Waals surface area contributed by atoms with E-state index in [-0.39, 0.29) is 36.6 Å². The maximum atomic E-state index is 12.2. The Hall–Kier alpha value is -1.59. The van der Waals surface area contributed by atoms with Gasteiger partial charge in [0.25, 0.3) is 0 Å². The van der Waals surface area contributed by atoms with Gasteiger partial charge in [-0.1, -0.05) is 0 Å². The molecular formula is C14H22N2O4. The third-order valence-corrected chi connectivity index (χ3v) is 4.12. The minimum absolute atomic E-state index is 0.00442. The van der Waals surface area contributed by atoms with Crippen LogP contribution in [0.25, 0.3) is 0 Å². The van der Waals surface area contributed by atoms with E-state index in [0.717, 1.165) is 12.8 Å². The number of carbonyl (C=O) groups is 3. The van der Waals surface area contributed by atoms with Gasteiger partial charge in [0.15, 0.2) is 0 Å². The molecule has 0 aromatic heterocycles. The summed E-state index contributed by atoms with van der Waals surface area (Å²) in [6.07, 6.45) is 3.37. The lowest BCUT2D eigenvalue weighted by atomic mass is 9.95. The number of aliphatic carboxylic acids is 1. The lowest BCUT2D eigenvalue weighted by Crippen LogP contribution is -2.44. The highest BCUT2D eigenvalue weighted by Gasteiger charge is 2.36. The van der Waals surface area contributed by atoms with Gasteiger partial charge < -0.3 is 14.9 Å². The first-order chi connectivity index (χ1) is 9.49. The molecule has 0 spiro atoms. The van der Waals surface area contributed by atoms with Crippen LogP contribution in [0.3, 0.4) is 0 Å². The molecular weight excluding hydrogens is 260 g/mol. The highest BCUT2D eigenvalue weighted by Crippen LogP contribution is 2.32. The predicted molar refractivity (Wildman–Crippen MR) is 71.9 cm³/mol. The van der Waals surface area contributed by atoms with Crippen molar-refractivity contribution in [1.29, 1.82) is 0 Å². The summed E-state index contributed by atoms with van der Waals surface area (Å²) in [6, 6.07) is 0. The van der Waals surface area contributed by atoms with E-state index in [9.17, 15) is 14.4 Å². The fraction of sp³-hybridized carbons (Fsp3) is 0.786. The van der Waals surface area contributed by atoms with Crippen molar-refractivity contribution < 1.29 is 19.5 Å². The van der Waals surface area contributed by atoms with Crippen molar-refractivity contribution in [1.82, 2.24) is 9.80 Å². The summed E-state index contributed by atoms with van der Waals surface area (Å²) in [4.78, 5) is 38.0. The van der Waals surface area contributed by atoms with E-state index >= 15 is 0 Å². The normalized spacial score (nSPS) is 19.8. The van der Waals surface area contributed by atoms with Crippen LogP contribution < -0.4 is 0 Å². The maximum Gasteiger partial charge on any atom is 0.305 e. The highest BCUT2D eigenvalue weighted by molar-refractivity contribution is 5.82. The number of hydrogen-bond donors (Lipinski definition) is 1. The zero-order valence-corrected chi connectivity index (χ0v) is 11.9. The zero-order valence-electron chi connectivity index (χ0n) is 11.9. The monoisotopic (exact) mass is 282 g/mol. The van der Waals surface area contributed by atoms with Gasteiger partial charge in [-0.2, -0.15) is 0 Å². The summed E-state index contributed by atoms with van der Waals surface area (Å²) >= 11 is 0. The largest absolute Gasteiger partial charge is 0.481 e. The van der Waals surface area contributed by atoms with Gasteiger partial charge in [0, 0.05) is 38.5 Å². The molecule has 0 atom stereocenters. The molecule has 2 rings (SSSR count). The molecule has 6 heteroatoms. The van der Waals surface area contributed by atoms with Crippen LogP contribution in [0, 0.1) is 11.8 Å². The number of piperidine rings is 1. The molecule has 1 saturated heterocycles. The predicted octanol–water partition coefficient (Wildman–Crippen LogP) is 0.568. The Morgan fingerprint density at radius 1 is 1.10 bits per heavy atom. The van der Waals surface area contributed by atoms with E-state index in [1.54, 1.807) is 7.05 Å². The topological polar surface area (TPSA) is 77.9 Å². The van der Waals surface area contributed by atoms with Crippen molar-refractivity contribution in [3.05, 3.63) is 0 Å². The number of carboxylic acids is 1. The summed E-state index contributed by atoms with van der Waals surface area (Å²) < 4.78 is 0. The number of hydrogen-bond acceptors (Lipinski definition) is 3. The van der Waals surface area contributed by atoms with Gasteiger partial charge in [-0.3, -0.25) is 14.4 Å². The van der Waals surface area contributed by atoms with Crippen molar-refractivity contribution >= 4 is 17.8 Å². The van der Waals surface area contributed by atoms with Crippen LogP contribution in [0.1, 0.15) is 32.1 Å². The Morgan fingerprint density at radius 3 is 2.20 bits per heavy atom. The van der Waals surface area contributed by atoms with Crippen LogP contribution in [0.5, 0.6) is 0 Å². The Labute approximate surface area is 118 Å². The third kappa shape index (κ3) is 3.71. The molecule has 0 aromatic rings. The van der Waals surface area contributed by atoms with Gasteiger partial charge in [0.1, 0.15) is 0 Å². The first-order valence-electron chi connectivity index (χ1n) is 7.24. The first kappa shape index (κ1) is 14.8. The fourth-order valence-corrected chi connectivity index (χ4v) is 2.62.